The van der Waals surface area contributed by atoms with Gasteiger partial charge in [-0.15, -0.1) is 0 Å². The first-order chi connectivity index (χ1) is 21.2. The van der Waals surface area contributed by atoms with E-state index in [-0.39, 0.29) is 13.0 Å². The Morgan fingerprint density at radius 3 is 1.16 bits per heavy atom. The van der Waals surface area contributed by atoms with Gasteiger partial charge in [-0.25, -0.2) is 4.57 Å². The third kappa shape index (κ3) is 35.5. The zero-order valence-electron chi connectivity index (χ0n) is 28.6. The second kappa shape index (κ2) is 32.0. The summed E-state index contributed by atoms with van der Waals surface area (Å²) in [5.74, 6) is -1.07. The van der Waals surface area contributed by atoms with Crippen LogP contribution in [0.2, 0.25) is 0 Å². The first-order valence-corrected chi connectivity index (χ1v) is 19.8. The molecule has 0 bridgehead atoms. The molecule has 0 rings (SSSR count). The fraction of sp³-hybridized carbons (Fsp3) is 0.943. The van der Waals surface area contributed by atoms with E-state index in [1.807, 2.05) is 0 Å². The number of unbranched alkanes of at least 4 members (excludes halogenated alkanes) is 26. The number of rotatable bonds is 34. The third-order valence-electron chi connectivity index (χ3n) is 8.18. The van der Waals surface area contributed by atoms with E-state index < -0.39 is 32.5 Å². The van der Waals surface area contributed by atoms with Crippen LogP contribution >= 0.6 is 7.82 Å². The van der Waals surface area contributed by atoms with Crippen LogP contribution in [0.15, 0.2) is 0 Å². The van der Waals surface area contributed by atoms with E-state index in [1.54, 1.807) is 0 Å². The molecule has 0 spiro atoms. The molecule has 44 heavy (non-hydrogen) atoms. The SMILES string of the molecule is CCCCCCCCCCCCCCCCCCCCCCCCCCCCCC(=O)OC[C@H](COP(=O)(O)O)OC(C)=O. The number of carbonyl (C=O) groups is 2. The highest BCUT2D eigenvalue weighted by Gasteiger charge is 2.21. The quantitative estimate of drug-likeness (QED) is 0.0402. The molecule has 0 radical (unpaired) electrons. The minimum atomic E-state index is -4.70. The van der Waals surface area contributed by atoms with Crippen molar-refractivity contribution < 1.29 is 37.9 Å². The number of phosphoric acid groups is 1. The van der Waals surface area contributed by atoms with E-state index >= 15 is 0 Å². The maximum atomic E-state index is 11.9. The highest BCUT2D eigenvalue weighted by Crippen LogP contribution is 2.35. The van der Waals surface area contributed by atoms with E-state index in [0.29, 0.717) is 0 Å². The van der Waals surface area contributed by atoms with Gasteiger partial charge in [0.05, 0.1) is 6.61 Å². The van der Waals surface area contributed by atoms with Crippen LogP contribution in [-0.4, -0.2) is 41.0 Å². The van der Waals surface area contributed by atoms with Crippen molar-refractivity contribution in [3.05, 3.63) is 0 Å². The number of hydrogen-bond donors (Lipinski definition) is 2. The molecule has 0 aliphatic carbocycles. The molecule has 8 nitrogen and oxygen atoms in total. The fourth-order valence-corrected chi connectivity index (χ4v) is 5.91. The van der Waals surface area contributed by atoms with Crippen molar-refractivity contribution in [2.45, 2.75) is 200 Å². The summed E-state index contributed by atoms with van der Waals surface area (Å²) >= 11 is 0. The topological polar surface area (TPSA) is 119 Å². The summed E-state index contributed by atoms with van der Waals surface area (Å²) in [6.07, 6.45) is 35.4. The molecule has 0 heterocycles. The predicted octanol–water partition coefficient (Wildman–Crippen LogP) is 10.5. The average Bonchev–Trinajstić information content (AvgIpc) is 2.97. The molecule has 1 atom stereocenters. The minimum absolute atomic E-state index is 0.269. The Balaban J connectivity index is 3.34. The summed E-state index contributed by atoms with van der Waals surface area (Å²) in [5.41, 5.74) is 0. The van der Waals surface area contributed by atoms with Gasteiger partial charge in [-0.3, -0.25) is 14.1 Å². The number of carbonyl (C=O) groups excluding carboxylic acids is 2. The number of hydrogen-bond acceptors (Lipinski definition) is 6. The van der Waals surface area contributed by atoms with Crippen molar-refractivity contribution in [2.75, 3.05) is 13.2 Å². The zero-order chi connectivity index (χ0) is 32.6. The van der Waals surface area contributed by atoms with Gasteiger partial charge in [0.25, 0.3) is 0 Å². The number of esters is 2. The van der Waals surface area contributed by atoms with Gasteiger partial charge in [-0.1, -0.05) is 174 Å². The Labute approximate surface area is 270 Å². The van der Waals surface area contributed by atoms with Gasteiger partial charge in [0, 0.05) is 13.3 Å². The van der Waals surface area contributed by atoms with Crippen LogP contribution in [0.4, 0.5) is 0 Å². The van der Waals surface area contributed by atoms with Crippen molar-refractivity contribution in [1.29, 1.82) is 0 Å². The lowest BCUT2D eigenvalue weighted by Crippen LogP contribution is -2.28. The molecule has 0 aromatic rings. The Morgan fingerprint density at radius 1 is 0.545 bits per heavy atom. The second-order valence-corrected chi connectivity index (χ2v) is 13.9. The number of phosphoric ester groups is 1. The van der Waals surface area contributed by atoms with Gasteiger partial charge >= 0.3 is 19.8 Å². The first-order valence-electron chi connectivity index (χ1n) is 18.3. The van der Waals surface area contributed by atoms with Crippen LogP contribution < -0.4 is 0 Å². The van der Waals surface area contributed by atoms with Crippen molar-refractivity contribution in [3.8, 4) is 0 Å². The molecule has 0 saturated heterocycles. The van der Waals surface area contributed by atoms with Crippen LogP contribution in [0.5, 0.6) is 0 Å². The molecular formula is C35H69O8P. The Kier molecular flexibility index (Phi) is 31.3. The Morgan fingerprint density at radius 2 is 0.864 bits per heavy atom. The largest absolute Gasteiger partial charge is 0.469 e. The van der Waals surface area contributed by atoms with Crippen molar-refractivity contribution in [2.24, 2.45) is 0 Å². The molecule has 0 amide bonds. The third-order valence-corrected chi connectivity index (χ3v) is 8.66. The lowest BCUT2D eigenvalue weighted by molar-refractivity contribution is -0.159. The molecule has 0 aromatic carbocycles. The molecule has 2 N–H and O–H groups in total. The first kappa shape index (κ1) is 43.0. The van der Waals surface area contributed by atoms with Crippen LogP contribution in [0.1, 0.15) is 194 Å². The van der Waals surface area contributed by atoms with Crippen LogP contribution in [-0.2, 0) is 28.2 Å². The summed E-state index contributed by atoms with van der Waals surface area (Å²) in [6.45, 7) is 2.61. The molecule has 9 heteroatoms. The Hall–Kier alpha value is -0.950. The summed E-state index contributed by atoms with van der Waals surface area (Å²) in [4.78, 5) is 40.6. The average molecular weight is 649 g/mol. The van der Waals surface area contributed by atoms with E-state index in [9.17, 15) is 14.2 Å². The summed E-state index contributed by atoms with van der Waals surface area (Å²) in [7, 11) is -4.70. The van der Waals surface area contributed by atoms with Crippen LogP contribution in [0, 0.1) is 0 Å². The standard InChI is InChI=1S/C35H69O8P/c1-3-4-5-6-7-8-9-10-11-12-13-14-15-16-17-18-19-20-21-22-23-24-25-26-27-28-29-30-35(37)41-31-34(43-33(2)36)32-42-44(38,39)40/h34H,3-32H2,1-2H3,(H2,38,39,40)/t34-/m1/s1. The molecule has 0 aliphatic rings. The van der Waals surface area contributed by atoms with E-state index in [4.69, 9.17) is 19.3 Å². The number of ether oxygens (including phenoxy) is 2. The second-order valence-electron chi connectivity index (χ2n) is 12.6. The maximum absolute atomic E-state index is 11.9. The molecule has 0 saturated carbocycles. The van der Waals surface area contributed by atoms with Crippen LogP contribution in [0.3, 0.4) is 0 Å². The molecular weight excluding hydrogens is 579 g/mol. The van der Waals surface area contributed by atoms with Gasteiger partial charge in [-0.2, -0.15) is 0 Å². The van der Waals surface area contributed by atoms with Gasteiger partial charge in [0.15, 0.2) is 6.10 Å². The highest BCUT2D eigenvalue weighted by atomic mass is 31.2. The fourth-order valence-electron chi connectivity index (χ4n) is 5.55. The van der Waals surface area contributed by atoms with Crippen molar-refractivity contribution in [3.63, 3.8) is 0 Å². The van der Waals surface area contributed by atoms with Gasteiger partial charge in [0.2, 0.25) is 0 Å². The minimum Gasteiger partial charge on any atom is -0.462 e. The lowest BCUT2D eigenvalue weighted by Gasteiger charge is -2.17. The van der Waals surface area contributed by atoms with E-state index in [1.165, 1.54) is 154 Å². The highest BCUT2D eigenvalue weighted by molar-refractivity contribution is 7.46. The molecule has 262 valence electrons. The molecule has 0 aliphatic heterocycles. The van der Waals surface area contributed by atoms with E-state index in [0.717, 1.165) is 26.2 Å². The predicted molar refractivity (Wildman–Crippen MR) is 179 cm³/mol. The van der Waals surface area contributed by atoms with Crippen molar-refractivity contribution >= 4 is 19.8 Å². The zero-order valence-corrected chi connectivity index (χ0v) is 29.5. The summed E-state index contributed by atoms with van der Waals surface area (Å²) < 4.78 is 25.1. The van der Waals surface area contributed by atoms with E-state index in [2.05, 4.69) is 11.4 Å². The Bertz CT molecular complexity index is 696. The van der Waals surface area contributed by atoms with Crippen molar-refractivity contribution in [1.82, 2.24) is 0 Å². The monoisotopic (exact) mass is 648 g/mol. The maximum Gasteiger partial charge on any atom is 0.469 e. The van der Waals surface area contributed by atoms with Gasteiger partial charge < -0.3 is 19.3 Å². The lowest BCUT2D eigenvalue weighted by atomic mass is 10.0. The van der Waals surface area contributed by atoms with Gasteiger partial charge in [-0.05, 0) is 6.42 Å². The smallest absolute Gasteiger partial charge is 0.462 e. The summed E-state index contributed by atoms with van der Waals surface area (Å²) in [6, 6.07) is 0. The molecule has 0 aromatic heterocycles. The molecule has 0 fully saturated rings. The van der Waals surface area contributed by atoms with Crippen LogP contribution in [0.25, 0.3) is 0 Å². The summed E-state index contributed by atoms with van der Waals surface area (Å²) in [5, 5.41) is 0. The normalized spacial score (nSPS) is 12.4. The molecule has 0 unspecified atom stereocenters. The van der Waals surface area contributed by atoms with Gasteiger partial charge in [0.1, 0.15) is 6.61 Å².